The molecule has 1 aliphatic heterocycles. The van der Waals surface area contributed by atoms with Crippen LogP contribution in [0.25, 0.3) is 0 Å². The van der Waals surface area contributed by atoms with Crippen LogP contribution in [0.1, 0.15) is 31.1 Å². The first-order valence-electron chi connectivity index (χ1n) is 6.17. The first-order valence-corrected chi connectivity index (χ1v) is 6.17. The van der Waals surface area contributed by atoms with Crippen LogP contribution in [0, 0.1) is 11.8 Å². The zero-order valence-corrected chi connectivity index (χ0v) is 10.6. The highest BCUT2D eigenvalue weighted by molar-refractivity contribution is 5.69. The second-order valence-electron chi connectivity index (χ2n) is 4.90. The summed E-state index contributed by atoms with van der Waals surface area (Å²) in [5.41, 5.74) is 1.85. The van der Waals surface area contributed by atoms with Gasteiger partial charge in [-0.3, -0.25) is 4.79 Å². The molecule has 98 valence electrons. The summed E-state index contributed by atoms with van der Waals surface area (Å²) in [6.07, 6.45) is 0.0840. The first-order chi connectivity index (χ1) is 8.50. The Balaban J connectivity index is 2.18. The number of aliphatic carboxylic acids is 1. The summed E-state index contributed by atoms with van der Waals surface area (Å²) in [5, 5.41) is 19.2. The molecule has 4 heteroatoms. The summed E-state index contributed by atoms with van der Waals surface area (Å²) in [4.78, 5) is 10.9. The molecule has 3 unspecified atom stereocenters. The number of rotatable bonds is 4. The minimum atomic E-state index is -0.883. The van der Waals surface area contributed by atoms with Crippen LogP contribution < -0.4 is 4.74 Å². The van der Waals surface area contributed by atoms with Gasteiger partial charge in [0, 0.05) is 6.42 Å². The molecule has 1 heterocycles. The maximum absolute atomic E-state index is 10.9. The Labute approximate surface area is 106 Å². The van der Waals surface area contributed by atoms with E-state index in [4.69, 9.17) is 9.84 Å². The van der Waals surface area contributed by atoms with E-state index in [0.717, 1.165) is 23.3 Å². The number of aliphatic hydroxyl groups excluding tert-OH is 1. The number of carbonyl (C=O) groups is 1. The van der Waals surface area contributed by atoms with E-state index < -0.39 is 18.0 Å². The van der Waals surface area contributed by atoms with Crippen LogP contribution in [0.5, 0.6) is 5.75 Å². The maximum Gasteiger partial charge on any atom is 0.306 e. The van der Waals surface area contributed by atoms with E-state index >= 15 is 0 Å². The summed E-state index contributed by atoms with van der Waals surface area (Å²) < 4.78 is 5.40. The van der Waals surface area contributed by atoms with E-state index in [9.17, 15) is 9.90 Å². The Morgan fingerprint density at radius 3 is 2.78 bits per heavy atom. The van der Waals surface area contributed by atoms with Crippen LogP contribution in [0.4, 0.5) is 0 Å². The Morgan fingerprint density at radius 2 is 2.11 bits per heavy atom. The standard InChI is InChI=1S/C14H18O4/c1-8(9(2)14(16)17)13(15)11-3-4-12-10(7-11)5-6-18-12/h3-4,7-9,13,15H,5-6H2,1-2H3,(H,16,17). The number of hydrogen-bond donors (Lipinski definition) is 2. The Kier molecular flexibility index (Phi) is 3.57. The number of aliphatic hydroxyl groups is 1. The molecule has 1 aliphatic rings. The lowest BCUT2D eigenvalue weighted by atomic mass is 9.86. The minimum Gasteiger partial charge on any atom is -0.493 e. The minimum absolute atomic E-state index is 0.331. The Bertz CT molecular complexity index is 455. The molecular formula is C14H18O4. The average Bonchev–Trinajstić information content (AvgIpc) is 2.82. The smallest absolute Gasteiger partial charge is 0.306 e. The van der Waals surface area contributed by atoms with E-state index in [1.165, 1.54) is 0 Å². The van der Waals surface area contributed by atoms with Crippen molar-refractivity contribution in [3.05, 3.63) is 29.3 Å². The van der Waals surface area contributed by atoms with Gasteiger partial charge in [-0.25, -0.2) is 0 Å². The third-order valence-corrected chi connectivity index (χ3v) is 3.73. The van der Waals surface area contributed by atoms with Crippen molar-refractivity contribution in [3.8, 4) is 5.75 Å². The number of benzene rings is 1. The number of ether oxygens (including phenoxy) is 1. The number of fused-ring (bicyclic) bond motifs is 1. The summed E-state index contributed by atoms with van der Waals surface area (Å²) in [6, 6.07) is 5.57. The Morgan fingerprint density at radius 1 is 1.39 bits per heavy atom. The third kappa shape index (κ3) is 2.34. The molecule has 18 heavy (non-hydrogen) atoms. The number of carboxylic acid groups (broad SMARTS) is 1. The second kappa shape index (κ2) is 4.98. The lowest BCUT2D eigenvalue weighted by molar-refractivity contribution is -0.144. The quantitative estimate of drug-likeness (QED) is 0.857. The zero-order valence-electron chi connectivity index (χ0n) is 10.6. The van der Waals surface area contributed by atoms with Crippen molar-refractivity contribution < 1.29 is 19.7 Å². The van der Waals surface area contributed by atoms with Gasteiger partial charge in [0.15, 0.2) is 0 Å². The number of hydrogen-bond acceptors (Lipinski definition) is 3. The van der Waals surface area contributed by atoms with Crippen LogP contribution in [-0.2, 0) is 11.2 Å². The van der Waals surface area contributed by atoms with Gasteiger partial charge in [0.25, 0.3) is 0 Å². The number of carboxylic acids is 1. The lowest BCUT2D eigenvalue weighted by Crippen LogP contribution is -2.23. The molecule has 0 saturated carbocycles. The van der Waals surface area contributed by atoms with Crippen LogP contribution in [0.15, 0.2) is 18.2 Å². The van der Waals surface area contributed by atoms with Gasteiger partial charge in [-0.05, 0) is 29.2 Å². The zero-order chi connectivity index (χ0) is 13.3. The first kappa shape index (κ1) is 12.9. The fraction of sp³-hybridized carbons (Fsp3) is 0.500. The Hall–Kier alpha value is -1.55. The van der Waals surface area contributed by atoms with E-state index in [1.54, 1.807) is 19.9 Å². The van der Waals surface area contributed by atoms with Crippen molar-refractivity contribution in [2.45, 2.75) is 26.4 Å². The monoisotopic (exact) mass is 250 g/mol. The van der Waals surface area contributed by atoms with Crippen molar-refractivity contribution in [2.75, 3.05) is 6.61 Å². The van der Waals surface area contributed by atoms with E-state index in [2.05, 4.69) is 0 Å². The molecule has 4 nitrogen and oxygen atoms in total. The molecule has 2 rings (SSSR count). The van der Waals surface area contributed by atoms with Crippen molar-refractivity contribution in [2.24, 2.45) is 11.8 Å². The van der Waals surface area contributed by atoms with Gasteiger partial charge in [-0.15, -0.1) is 0 Å². The maximum atomic E-state index is 10.9. The fourth-order valence-corrected chi connectivity index (χ4v) is 2.19. The molecule has 0 fully saturated rings. The summed E-state index contributed by atoms with van der Waals surface area (Å²) >= 11 is 0. The predicted octanol–water partition coefficient (Wildman–Crippen LogP) is 2.01. The highest BCUT2D eigenvalue weighted by Gasteiger charge is 2.27. The molecule has 1 aromatic carbocycles. The van der Waals surface area contributed by atoms with Crippen molar-refractivity contribution in [3.63, 3.8) is 0 Å². The van der Waals surface area contributed by atoms with E-state index in [0.29, 0.717) is 6.61 Å². The highest BCUT2D eigenvalue weighted by Crippen LogP contribution is 2.32. The molecule has 0 amide bonds. The van der Waals surface area contributed by atoms with Gasteiger partial charge in [0.05, 0.1) is 18.6 Å². The van der Waals surface area contributed by atoms with Gasteiger partial charge in [-0.2, -0.15) is 0 Å². The highest BCUT2D eigenvalue weighted by atomic mass is 16.5. The van der Waals surface area contributed by atoms with E-state index in [1.807, 2.05) is 12.1 Å². The second-order valence-corrected chi connectivity index (χ2v) is 4.90. The molecule has 0 bridgehead atoms. The average molecular weight is 250 g/mol. The SMILES string of the molecule is CC(C(=O)O)C(C)C(O)c1ccc2c(c1)CCO2. The van der Waals surface area contributed by atoms with Gasteiger partial charge < -0.3 is 14.9 Å². The molecule has 2 N–H and O–H groups in total. The molecular weight excluding hydrogens is 232 g/mol. The molecule has 0 radical (unpaired) electrons. The van der Waals surface area contributed by atoms with Gasteiger partial charge in [0.1, 0.15) is 5.75 Å². The summed E-state index contributed by atoms with van der Waals surface area (Å²) in [7, 11) is 0. The summed E-state index contributed by atoms with van der Waals surface area (Å²) in [5.74, 6) is -0.927. The normalized spacial score (nSPS) is 18.6. The molecule has 1 aromatic rings. The van der Waals surface area contributed by atoms with Crippen LogP contribution in [0.2, 0.25) is 0 Å². The third-order valence-electron chi connectivity index (χ3n) is 3.73. The molecule has 0 saturated heterocycles. The lowest BCUT2D eigenvalue weighted by Gasteiger charge is -2.23. The topological polar surface area (TPSA) is 66.8 Å². The van der Waals surface area contributed by atoms with Crippen molar-refractivity contribution >= 4 is 5.97 Å². The predicted molar refractivity (Wildman–Crippen MR) is 66.6 cm³/mol. The molecule has 0 spiro atoms. The molecule has 0 aromatic heterocycles. The van der Waals surface area contributed by atoms with E-state index in [-0.39, 0.29) is 5.92 Å². The van der Waals surface area contributed by atoms with Crippen LogP contribution >= 0.6 is 0 Å². The van der Waals surface area contributed by atoms with Gasteiger partial charge in [0.2, 0.25) is 0 Å². The van der Waals surface area contributed by atoms with Gasteiger partial charge >= 0.3 is 5.97 Å². The van der Waals surface area contributed by atoms with Crippen molar-refractivity contribution in [1.29, 1.82) is 0 Å². The fourth-order valence-electron chi connectivity index (χ4n) is 2.19. The largest absolute Gasteiger partial charge is 0.493 e. The van der Waals surface area contributed by atoms with Gasteiger partial charge in [-0.1, -0.05) is 19.9 Å². The summed E-state index contributed by atoms with van der Waals surface area (Å²) in [6.45, 7) is 4.05. The van der Waals surface area contributed by atoms with Crippen molar-refractivity contribution in [1.82, 2.24) is 0 Å². The molecule has 3 atom stereocenters. The molecule has 0 aliphatic carbocycles. The van der Waals surface area contributed by atoms with Crippen LogP contribution in [0.3, 0.4) is 0 Å². The van der Waals surface area contributed by atoms with Crippen LogP contribution in [-0.4, -0.2) is 22.8 Å².